The fourth-order valence-electron chi connectivity index (χ4n) is 2.56. The summed E-state index contributed by atoms with van der Waals surface area (Å²) in [5.74, 6) is -2.88. The number of hydrogen-bond donors (Lipinski definition) is 1. The summed E-state index contributed by atoms with van der Waals surface area (Å²) >= 11 is 0. The molecule has 0 fully saturated rings. The lowest BCUT2D eigenvalue weighted by Crippen LogP contribution is -2.16. The zero-order valence-corrected chi connectivity index (χ0v) is 14.1. The van der Waals surface area contributed by atoms with Gasteiger partial charge >= 0.3 is 5.82 Å². The van der Waals surface area contributed by atoms with E-state index in [1.54, 1.807) is 31.2 Å². The highest BCUT2D eigenvalue weighted by molar-refractivity contribution is 6.05. The Kier molecular flexibility index (Phi) is 4.93. The molecular weight excluding hydrogens is 358 g/mol. The van der Waals surface area contributed by atoms with E-state index in [4.69, 9.17) is 0 Å². The van der Waals surface area contributed by atoms with Gasteiger partial charge in [-0.1, -0.05) is 18.2 Å². The van der Waals surface area contributed by atoms with Crippen molar-refractivity contribution in [3.05, 3.63) is 87.1 Å². The molecule has 1 aromatic heterocycles. The Morgan fingerprint density at radius 3 is 2.59 bits per heavy atom. The third kappa shape index (κ3) is 3.97. The summed E-state index contributed by atoms with van der Waals surface area (Å²) in [6.07, 6.45) is 0. The van der Waals surface area contributed by atoms with E-state index in [1.165, 1.54) is 16.8 Å². The van der Waals surface area contributed by atoms with Crippen LogP contribution < -0.4 is 5.32 Å². The number of carbonyl (C=O) groups is 1. The number of amides is 1. The van der Waals surface area contributed by atoms with Crippen molar-refractivity contribution in [1.82, 2.24) is 9.78 Å². The van der Waals surface area contributed by atoms with E-state index in [0.29, 0.717) is 16.8 Å². The smallest absolute Gasteiger partial charge is 0.358 e. The van der Waals surface area contributed by atoms with Crippen molar-refractivity contribution in [3.63, 3.8) is 0 Å². The normalized spacial score (nSPS) is 10.6. The van der Waals surface area contributed by atoms with E-state index < -0.39 is 22.5 Å². The Morgan fingerprint density at radius 2 is 1.93 bits per heavy atom. The highest BCUT2D eigenvalue weighted by atomic mass is 19.2. The third-order valence-electron chi connectivity index (χ3n) is 3.91. The van der Waals surface area contributed by atoms with Crippen LogP contribution in [0.5, 0.6) is 0 Å². The molecule has 27 heavy (non-hydrogen) atoms. The molecule has 0 aliphatic rings. The number of aromatic nitrogens is 2. The molecular formula is C18H14F2N4O3. The maximum absolute atomic E-state index is 13.3. The van der Waals surface area contributed by atoms with Crippen molar-refractivity contribution in [1.29, 1.82) is 0 Å². The number of carbonyl (C=O) groups excluding carboxylic acids is 1. The first-order valence-corrected chi connectivity index (χ1v) is 7.88. The van der Waals surface area contributed by atoms with Crippen molar-refractivity contribution in [2.24, 2.45) is 0 Å². The van der Waals surface area contributed by atoms with Crippen LogP contribution in [0.2, 0.25) is 0 Å². The largest absolute Gasteiger partial charge is 0.390 e. The third-order valence-corrected chi connectivity index (χ3v) is 3.91. The maximum atomic E-state index is 13.3. The van der Waals surface area contributed by atoms with E-state index >= 15 is 0 Å². The molecule has 0 aliphatic heterocycles. The Bertz CT molecular complexity index is 1030. The number of nitrogens with zero attached hydrogens (tertiary/aromatic N) is 3. The van der Waals surface area contributed by atoms with Gasteiger partial charge in [-0.15, -0.1) is 0 Å². The average Bonchev–Trinajstić information content (AvgIpc) is 2.99. The van der Waals surface area contributed by atoms with Crippen LogP contribution in [0.4, 0.5) is 20.3 Å². The highest BCUT2D eigenvalue weighted by Crippen LogP contribution is 2.18. The van der Waals surface area contributed by atoms with E-state index in [9.17, 15) is 23.7 Å². The first-order chi connectivity index (χ1) is 12.8. The van der Waals surface area contributed by atoms with Crippen LogP contribution in [0.1, 0.15) is 21.6 Å². The van der Waals surface area contributed by atoms with Gasteiger partial charge in [0.15, 0.2) is 11.6 Å². The number of hydrogen-bond acceptors (Lipinski definition) is 4. The van der Waals surface area contributed by atoms with Crippen LogP contribution >= 0.6 is 0 Å². The monoisotopic (exact) mass is 372 g/mol. The van der Waals surface area contributed by atoms with Crippen LogP contribution in [0, 0.1) is 28.7 Å². The zero-order chi connectivity index (χ0) is 19.6. The summed E-state index contributed by atoms with van der Waals surface area (Å²) in [5.41, 5.74) is 1.54. The molecule has 138 valence electrons. The Morgan fingerprint density at radius 1 is 1.19 bits per heavy atom. The summed E-state index contributed by atoms with van der Waals surface area (Å²) in [5, 5.41) is 17.3. The lowest BCUT2D eigenvalue weighted by molar-refractivity contribution is -0.389. The van der Waals surface area contributed by atoms with Gasteiger partial charge in [-0.2, -0.15) is 4.68 Å². The number of rotatable bonds is 5. The standard InChI is InChI=1S/C18H14F2N4O3/c1-11-8-17(24(26)27)22-23(11)10-12-4-2-3-5-14(12)18(25)21-13-6-7-15(19)16(20)9-13/h2-9H,10H2,1H3,(H,21,25). The zero-order valence-electron chi connectivity index (χ0n) is 14.1. The topological polar surface area (TPSA) is 90.1 Å². The predicted molar refractivity (Wildman–Crippen MR) is 93.5 cm³/mol. The fraction of sp³-hybridized carbons (Fsp3) is 0.111. The lowest BCUT2D eigenvalue weighted by atomic mass is 10.1. The van der Waals surface area contributed by atoms with Crippen molar-refractivity contribution < 1.29 is 18.5 Å². The van der Waals surface area contributed by atoms with Crippen molar-refractivity contribution in [3.8, 4) is 0 Å². The molecule has 0 aliphatic carbocycles. The Balaban J connectivity index is 1.86. The first kappa shape index (κ1) is 18.2. The van der Waals surface area contributed by atoms with E-state index in [1.807, 2.05) is 0 Å². The number of aryl methyl sites for hydroxylation is 1. The molecule has 0 saturated heterocycles. The number of halogens is 2. The van der Waals surface area contributed by atoms with Gasteiger partial charge in [0, 0.05) is 17.3 Å². The Labute approximate surface area is 152 Å². The summed E-state index contributed by atoms with van der Waals surface area (Å²) in [6, 6.07) is 11.0. The minimum atomic E-state index is -1.07. The number of nitro groups is 1. The summed E-state index contributed by atoms with van der Waals surface area (Å²) in [6.45, 7) is 1.81. The van der Waals surface area contributed by atoms with Crippen LogP contribution in [0.15, 0.2) is 48.5 Å². The first-order valence-electron chi connectivity index (χ1n) is 7.88. The second-order valence-electron chi connectivity index (χ2n) is 5.80. The van der Waals surface area contributed by atoms with Crippen LogP contribution in [-0.2, 0) is 6.54 Å². The van der Waals surface area contributed by atoms with Crippen molar-refractivity contribution in [2.75, 3.05) is 5.32 Å². The van der Waals surface area contributed by atoms with E-state index in [2.05, 4.69) is 10.4 Å². The Hall–Kier alpha value is -3.62. The summed E-state index contributed by atoms with van der Waals surface area (Å²) in [4.78, 5) is 22.8. The number of benzene rings is 2. The molecule has 3 rings (SSSR count). The molecule has 0 radical (unpaired) electrons. The molecule has 7 nitrogen and oxygen atoms in total. The molecule has 1 heterocycles. The molecule has 9 heteroatoms. The van der Waals surface area contributed by atoms with Gasteiger partial charge in [-0.25, -0.2) is 8.78 Å². The van der Waals surface area contributed by atoms with Gasteiger partial charge in [-0.05, 0) is 35.6 Å². The van der Waals surface area contributed by atoms with Crippen LogP contribution in [0.25, 0.3) is 0 Å². The molecule has 0 saturated carbocycles. The molecule has 3 aromatic rings. The summed E-state index contributed by atoms with van der Waals surface area (Å²) in [7, 11) is 0. The minimum Gasteiger partial charge on any atom is -0.358 e. The van der Waals surface area contributed by atoms with Gasteiger partial charge in [0.25, 0.3) is 5.91 Å². The fourth-order valence-corrected chi connectivity index (χ4v) is 2.56. The van der Waals surface area contributed by atoms with Gasteiger partial charge in [0.2, 0.25) is 0 Å². The molecule has 2 aromatic carbocycles. The van der Waals surface area contributed by atoms with Gasteiger partial charge in [-0.3, -0.25) is 4.79 Å². The second kappa shape index (κ2) is 7.32. The molecule has 0 bridgehead atoms. The summed E-state index contributed by atoms with van der Waals surface area (Å²) < 4.78 is 27.8. The number of nitrogens with one attached hydrogen (secondary N) is 1. The quantitative estimate of drug-likeness (QED) is 0.546. The van der Waals surface area contributed by atoms with E-state index in [0.717, 1.165) is 12.1 Å². The molecule has 0 spiro atoms. The minimum absolute atomic E-state index is 0.111. The van der Waals surface area contributed by atoms with Crippen molar-refractivity contribution >= 4 is 17.4 Å². The SMILES string of the molecule is Cc1cc([N+](=O)[O-])nn1Cc1ccccc1C(=O)Nc1ccc(F)c(F)c1. The van der Waals surface area contributed by atoms with Gasteiger partial charge < -0.3 is 15.4 Å². The molecule has 1 amide bonds. The van der Waals surface area contributed by atoms with Gasteiger partial charge in [0.05, 0.1) is 23.4 Å². The average molecular weight is 372 g/mol. The lowest BCUT2D eigenvalue weighted by Gasteiger charge is -2.10. The maximum Gasteiger partial charge on any atom is 0.390 e. The van der Waals surface area contributed by atoms with Gasteiger partial charge in [0.1, 0.15) is 0 Å². The molecule has 0 unspecified atom stereocenters. The van der Waals surface area contributed by atoms with Crippen LogP contribution in [0.3, 0.4) is 0 Å². The van der Waals surface area contributed by atoms with E-state index in [-0.39, 0.29) is 18.1 Å². The number of anilines is 1. The van der Waals surface area contributed by atoms with Crippen LogP contribution in [-0.4, -0.2) is 20.6 Å². The molecule has 0 atom stereocenters. The predicted octanol–water partition coefficient (Wildman–Crippen LogP) is 3.68. The second-order valence-corrected chi connectivity index (χ2v) is 5.80. The molecule has 1 N–H and O–H groups in total. The highest BCUT2D eigenvalue weighted by Gasteiger charge is 2.18. The van der Waals surface area contributed by atoms with Crippen molar-refractivity contribution in [2.45, 2.75) is 13.5 Å².